The Bertz CT molecular complexity index is 136. The molecule has 58 valence electrons. The average molecular weight is 142 g/mol. The molecule has 0 aromatic carbocycles. The van der Waals surface area contributed by atoms with Crippen LogP contribution in [0.5, 0.6) is 0 Å². The van der Waals surface area contributed by atoms with E-state index in [4.69, 9.17) is 0 Å². The number of carbonyl (C=O) groups is 2. The molecule has 0 bridgehead atoms. The van der Waals surface area contributed by atoms with Crippen LogP contribution in [0.15, 0.2) is 0 Å². The Kier molecular flexibility index (Phi) is 3.26. The molecule has 2 heteroatoms. The van der Waals surface area contributed by atoms with Crippen LogP contribution in [0, 0.1) is 5.41 Å². The predicted molar refractivity (Wildman–Crippen MR) is 39.8 cm³/mol. The normalized spacial score (nSPS) is 11.1. The standard InChI is InChI=1S/C8H14O2/c1-4-7(10)5-8(2,3)6-9/h6H,4-5H2,1-3H3. The molecule has 0 atom stereocenters. The minimum atomic E-state index is -0.465. The van der Waals surface area contributed by atoms with Gasteiger partial charge in [0.2, 0.25) is 0 Å². The summed E-state index contributed by atoms with van der Waals surface area (Å²) in [7, 11) is 0. The minimum Gasteiger partial charge on any atom is -0.303 e. The van der Waals surface area contributed by atoms with Crippen LogP contribution < -0.4 is 0 Å². The summed E-state index contributed by atoms with van der Waals surface area (Å²) in [6.45, 7) is 5.35. The summed E-state index contributed by atoms with van der Waals surface area (Å²) < 4.78 is 0. The second kappa shape index (κ2) is 3.49. The van der Waals surface area contributed by atoms with E-state index in [1.807, 2.05) is 6.92 Å². The molecule has 0 aromatic rings. The highest BCUT2D eigenvalue weighted by molar-refractivity contribution is 5.81. The van der Waals surface area contributed by atoms with Crippen molar-refractivity contribution in [2.45, 2.75) is 33.6 Å². The predicted octanol–water partition coefficient (Wildman–Crippen LogP) is 1.58. The van der Waals surface area contributed by atoms with Crippen LogP contribution in [0.25, 0.3) is 0 Å². The first kappa shape index (κ1) is 9.34. The van der Waals surface area contributed by atoms with Gasteiger partial charge in [0, 0.05) is 18.3 Å². The van der Waals surface area contributed by atoms with Crippen molar-refractivity contribution in [1.82, 2.24) is 0 Å². The van der Waals surface area contributed by atoms with Crippen LogP contribution in [0.2, 0.25) is 0 Å². The third-order valence-corrected chi connectivity index (χ3v) is 1.37. The van der Waals surface area contributed by atoms with E-state index in [9.17, 15) is 9.59 Å². The van der Waals surface area contributed by atoms with Gasteiger partial charge in [0.15, 0.2) is 0 Å². The van der Waals surface area contributed by atoms with Crippen LogP contribution in [-0.4, -0.2) is 12.1 Å². The van der Waals surface area contributed by atoms with Crippen LogP contribution in [-0.2, 0) is 9.59 Å². The maximum absolute atomic E-state index is 10.8. The molecule has 0 N–H and O–H groups in total. The molecule has 0 aliphatic carbocycles. The highest BCUT2D eigenvalue weighted by Gasteiger charge is 2.19. The van der Waals surface area contributed by atoms with Gasteiger partial charge < -0.3 is 4.79 Å². The van der Waals surface area contributed by atoms with Gasteiger partial charge >= 0.3 is 0 Å². The molecule has 0 fully saturated rings. The van der Waals surface area contributed by atoms with E-state index in [1.54, 1.807) is 13.8 Å². The van der Waals surface area contributed by atoms with Crippen LogP contribution in [0.3, 0.4) is 0 Å². The number of ketones is 1. The number of hydrogen-bond donors (Lipinski definition) is 0. The zero-order valence-corrected chi connectivity index (χ0v) is 6.81. The zero-order valence-electron chi connectivity index (χ0n) is 6.81. The van der Waals surface area contributed by atoms with Crippen molar-refractivity contribution in [2.24, 2.45) is 5.41 Å². The fourth-order valence-electron chi connectivity index (χ4n) is 0.675. The molecular formula is C8H14O2. The number of aldehydes is 1. The maximum Gasteiger partial charge on any atom is 0.133 e. The van der Waals surface area contributed by atoms with E-state index in [0.29, 0.717) is 12.8 Å². The van der Waals surface area contributed by atoms with E-state index < -0.39 is 5.41 Å². The number of hydrogen-bond acceptors (Lipinski definition) is 2. The molecule has 0 saturated heterocycles. The molecule has 0 unspecified atom stereocenters. The van der Waals surface area contributed by atoms with Crippen molar-refractivity contribution in [3.63, 3.8) is 0 Å². The summed E-state index contributed by atoms with van der Waals surface area (Å²) in [6, 6.07) is 0. The molecule has 0 amide bonds. The third kappa shape index (κ3) is 3.38. The summed E-state index contributed by atoms with van der Waals surface area (Å²) in [5, 5.41) is 0. The Morgan fingerprint density at radius 1 is 1.50 bits per heavy atom. The summed E-state index contributed by atoms with van der Waals surface area (Å²) in [5.74, 6) is 0.150. The van der Waals surface area contributed by atoms with Crippen molar-refractivity contribution >= 4 is 12.1 Å². The van der Waals surface area contributed by atoms with Gasteiger partial charge in [-0.2, -0.15) is 0 Å². The molecule has 0 spiro atoms. The van der Waals surface area contributed by atoms with Gasteiger partial charge in [-0.3, -0.25) is 4.79 Å². The van der Waals surface area contributed by atoms with E-state index in [1.165, 1.54) is 0 Å². The quantitative estimate of drug-likeness (QED) is 0.558. The Hall–Kier alpha value is -0.660. The van der Waals surface area contributed by atoms with Crippen molar-refractivity contribution in [2.75, 3.05) is 0 Å². The summed E-state index contributed by atoms with van der Waals surface area (Å²) in [6.07, 6.45) is 1.73. The van der Waals surface area contributed by atoms with Gasteiger partial charge in [0.1, 0.15) is 12.1 Å². The molecule has 2 nitrogen and oxygen atoms in total. The lowest BCUT2D eigenvalue weighted by atomic mass is 9.89. The number of rotatable bonds is 4. The van der Waals surface area contributed by atoms with Gasteiger partial charge in [-0.1, -0.05) is 20.8 Å². The highest BCUT2D eigenvalue weighted by Crippen LogP contribution is 2.17. The third-order valence-electron chi connectivity index (χ3n) is 1.37. The van der Waals surface area contributed by atoms with Crippen molar-refractivity contribution in [3.8, 4) is 0 Å². The second-order valence-electron chi connectivity index (χ2n) is 3.18. The lowest BCUT2D eigenvalue weighted by Gasteiger charge is -2.13. The molecule has 0 heterocycles. The van der Waals surface area contributed by atoms with E-state index >= 15 is 0 Å². The van der Waals surface area contributed by atoms with E-state index in [0.717, 1.165) is 6.29 Å². The number of carbonyl (C=O) groups excluding carboxylic acids is 2. The lowest BCUT2D eigenvalue weighted by molar-refractivity contribution is -0.125. The molecule has 0 rings (SSSR count). The molecule has 0 aromatic heterocycles. The largest absolute Gasteiger partial charge is 0.303 e. The molecule has 0 aliphatic rings. The van der Waals surface area contributed by atoms with Crippen LogP contribution >= 0.6 is 0 Å². The van der Waals surface area contributed by atoms with E-state index in [-0.39, 0.29) is 5.78 Å². The first-order chi connectivity index (χ1) is 4.52. The molecule has 0 radical (unpaired) electrons. The Morgan fingerprint density at radius 2 is 2.00 bits per heavy atom. The minimum absolute atomic E-state index is 0.150. The summed E-state index contributed by atoms with van der Waals surface area (Å²) in [4.78, 5) is 21.2. The molecule has 0 saturated carbocycles. The Balaban J connectivity index is 3.88. The van der Waals surface area contributed by atoms with Gasteiger partial charge in [-0.25, -0.2) is 0 Å². The topological polar surface area (TPSA) is 34.1 Å². The van der Waals surface area contributed by atoms with Crippen molar-refractivity contribution in [1.29, 1.82) is 0 Å². The maximum atomic E-state index is 10.8. The SMILES string of the molecule is CCC(=O)CC(C)(C)C=O. The average Bonchev–Trinajstić information content (AvgIpc) is 1.87. The lowest BCUT2D eigenvalue weighted by Crippen LogP contribution is -2.17. The van der Waals surface area contributed by atoms with Gasteiger partial charge in [-0.15, -0.1) is 0 Å². The van der Waals surface area contributed by atoms with Crippen molar-refractivity contribution < 1.29 is 9.59 Å². The second-order valence-corrected chi connectivity index (χ2v) is 3.18. The first-order valence-corrected chi connectivity index (χ1v) is 3.50. The van der Waals surface area contributed by atoms with Gasteiger partial charge in [0.25, 0.3) is 0 Å². The zero-order chi connectivity index (χ0) is 8.20. The molecular weight excluding hydrogens is 128 g/mol. The van der Waals surface area contributed by atoms with Crippen LogP contribution in [0.1, 0.15) is 33.6 Å². The van der Waals surface area contributed by atoms with Gasteiger partial charge in [0.05, 0.1) is 0 Å². The Morgan fingerprint density at radius 3 is 2.30 bits per heavy atom. The smallest absolute Gasteiger partial charge is 0.133 e. The van der Waals surface area contributed by atoms with E-state index in [2.05, 4.69) is 0 Å². The van der Waals surface area contributed by atoms with Gasteiger partial charge in [-0.05, 0) is 0 Å². The molecule has 0 aliphatic heterocycles. The fraction of sp³-hybridized carbons (Fsp3) is 0.750. The first-order valence-electron chi connectivity index (χ1n) is 3.50. The fourth-order valence-corrected chi connectivity index (χ4v) is 0.675. The van der Waals surface area contributed by atoms with Crippen LogP contribution in [0.4, 0.5) is 0 Å². The highest BCUT2D eigenvalue weighted by atomic mass is 16.1. The number of Topliss-reactive ketones (excluding diaryl/α,β-unsaturated/α-hetero) is 1. The monoisotopic (exact) mass is 142 g/mol. The Labute approximate surface area is 61.6 Å². The summed E-state index contributed by atoms with van der Waals surface area (Å²) >= 11 is 0. The van der Waals surface area contributed by atoms with Crippen molar-refractivity contribution in [3.05, 3.63) is 0 Å². The summed E-state index contributed by atoms with van der Waals surface area (Å²) in [5.41, 5.74) is -0.465. The molecule has 10 heavy (non-hydrogen) atoms.